The van der Waals surface area contributed by atoms with Crippen LogP contribution in [0.2, 0.25) is 0 Å². The topological polar surface area (TPSA) is 50.8 Å². The highest BCUT2D eigenvalue weighted by Crippen LogP contribution is 2.37. The van der Waals surface area contributed by atoms with E-state index >= 15 is 0 Å². The van der Waals surface area contributed by atoms with Crippen molar-refractivity contribution in [2.75, 3.05) is 11.4 Å². The molecule has 0 N–H and O–H groups in total. The summed E-state index contributed by atoms with van der Waals surface area (Å²) in [5.74, 6) is 0.407. The van der Waals surface area contributed by atoms with Crippen LogP contribution in [0.25, 0.3) is 0 Å². The summed E-state index contributed by atoms with van der Waals surface area (Å²) in [5, 5.41) is 18.1. The molecule has 1 aromatic carbocycles. The van der Waals surface area contributed by atoms with E-state index in [1.54, 1.807) is 0 Å². The highest BCUT2D eigenvalue weighted by Gasteiger charge is 2.35. The van der Waals surface area contributed by atoms with Crippen LogP contribution in [0.5, 0.6) is 0 Å². The fourth-order valence-corrected chi connectivity index (χ4v) is 2.81. The fraction of sp³-hybridized carbons (Fsp3) is 0.500. The zero-order valence-electron chi connectivity index (χ0n) is 11.6. The molecule has 1 atom stereocenters. The molecule has 3 nitrogen and oxygen atoms in total. The number of rotatable bonds is 2. The Morgan fingerprint density at radius 1 is 1.32 bits per heavy atom. The van der Waals surface area contributed by atoms with E-state index in [4.69, 9.17) is 5.26 Å². The summed E-state index contributed by atoms with van der Waals surface area (Å²) in [7, 11) is 0. The molecule has 0 radical (unpaired) electrons. The van der Waals surface area contributed by atoms with Gasteiger partial charge in [0.1, 0.15) is 6.07 Å². The van der Waals surface area contributed by atoms with Gasteiger partial charge < -0.3 is 4.90 Å². The molecule has 2 rings (SSSR count). The van der Waals surface area contributed by atoms with E-state index in [0.717, 1.165) is 25.1 Å². The largest absolute Gasteiger partial charge is 0.365 e. The summed E-state index contributed by atoms with van der Waals surface area (Å²) >= 11 is 0. The van der Waals surface area contributed by atoms with Gasteiger partial charge in [-0.3, -0.25) is 0 Å². The molecule has 1 fully saturated rings. The molecule has 1 aliphatic rings. The number of hydrogen-bond acceptors (Lipinski definition) is 3. The molecular formula is C16H19N3. The first kappa shape index (κ1) is 13.4. The Labute approximate surface area is 115 Å². The van der Waals surface area contributed by atoms with Crippen LogP contribution in [0, 0.1) is 28.6 Å². The minimum Gasteiger partial charge on any atom is -0.365 e. The lowest BCUT2D eigenvalue weighted by molar-refractivity contribution is 0.293. The Morgan fingerprint density at radius 3 is 2.74 bits per heavy atom. The van der Waals surface area contributed by atoms with Crippen LogP contribution in [0.15, 0.2) is 24.3 Å². The second kappa shape index (κ2) is 5.33. The quantitative estimate of drug-likeness (QED) is 0.811. The SMILES string of the molecule is CC1(C)CCC(CC#N)CN1c1ccccc1C#N. The van der Waals surface area contributed by atoms with Gasteiger partial charge in [0.05, 0.1) is 17.3 Å². The molecule has 0 amide bonds. The van der Waals surface area contributed by atoms with E-state index < -0.39 is 0 Å². The summed E-state index contributed by atoms with van der Waals surface area (Å²) in [6.07, 6.45) is 2.74. The Morgan fingerprint density at radius 2 is 2.05 bits per heavy atom. The number of piperidine rings is 1. The van der Waals surface area contributed by atoms with Crippen LogP contribution < -0.4 is 4.90 Å². The fourth-order valence-electron chi connectivity index (χ4n) is 2.81. The summed E-state index contributed by atoms with van der Waals surface area (Å²) in [4.78, 5) is 2.30. The van der Waals surface area contributed by atoms with Gasteiger partial charge in [0.2, 0.25) is 0 Å². The maximum atomic E-state index is 9.26. The van der Waals surface area contributed by atoms with Crippen LogP contribution in [0.1, 0.15) is 38.7 Å². The maximum Gasteiger partial charge on any atom is 0.101 e. The first-order valence-electron chi connectivity index (χ1n) is 6.72. The van der Waals surface area contributed by atoms with Crippen LogP contribution in [-0.2, 0) is 0 Å². The Balaban J connectivity index is 2.34. The summed E-state index contributed by atoms with van der Waals surface area (Å²) < 4.78 is 0. The lowest BCUT2D eigenvalue weighted by atomic mass is 9.83. The molecule has 1 aromatic rings. The van der Waals surface area contributed by atoms with Crippen LogP contribution in [0.3, 0.4) is 0 Å². The van der Waals surface area contributed by atoms with E-state index in [1.807, 2.05) is 24.3 Å². The van der Waals surface area contributed by atoms with E-state index in [0.29, 0.717) is 17.9 Å². The third-order valence-corrected chi connectivity index (χ3v) is 4.03. The minimum absolute atomic E-state index is 0.0406. The van der Waals surface area contributed by atoms with Crippen molar-refractivity contribution >= 4 is 5.69 Å². The van der Waals surface area contributed by atoms with E-state index in [1.165, 1.54) is 0 Å². The van der Waals surface area contributed by atoms with Crippen molar-refractivity contribution in [1.82, 2.24) is 0 Å². The zero-order chi connectivity index (χ0) is 13.9. The van der Waals surface area contributed by atoms with Crippen molar-refractivity contribution in [2.45, 2.75) is 38.6 Å². The highest BCUT2D eigenvalue weighted by molar-refractivity contribution is 5.61. The molecule has 0 aromatic heterocycles. The second-order valence-electron chi connectivity index (χ2n) is 5.82. The number of hydrogen-bond donors (Lipinski definition) is 0. The Kier molecular flexibility index (Phi) is 3.76. The summed E-state index contributed by atoms with van der Waals surface area (Å²) in [6, 6.07) is 12.3. The second-order valence-corrected chi connectivity index (χ2v) is 5.82. The molecule has 0 saturated carbocycles. The van der Waals surface area contributed by atoms with Crippen molar-refractivity contribution in [3.05, 3.63) is 29.8 Å². The molecule has 0 aliphatic carbocycles. The molecule has 0 bridgehead atoms. The lowest BCUT2D eigenvalue weighted by Crippen LogP contribution is -2.50. The number of benzene rings is 1. The van der Waals surface area contributed by atoms with Crippen molar-refractivity contribution in [2.24, 2.45) is 5.92 Å². The van der Waals surface area contributed by atoms with Gasteiger partial charge in [-0.2, -0.15) is 10.5 Å². The average Bonchev–Trinajstić information content (AvgIpc) is 2.41. The molecule has 1 heterocycles. The van der Waals surface area contributed by atoms with Crippen LogP contribution in [0.4, 0.5) is 5.69 Å². The number of anilines is 1. The Hall–Kier alpha value is -2.00. The highest BCUT2D eigenvalue weighted by atomic mass is 15.2. The standard InChI is InChI=1S/C16H19N3/c1-16(2)9-7-13(8-10-17)12-19(16)15-6-4-3-5-14(15)11-18/h3-6,13H,7-9,12H2,1-2H3. The van der Waals surface area contributed by atoms with Gasteiger partial charge in [0.25, 0.3) is 0 Å². The molecule has 98 valence electrons. The normalized spacial score (nSPS) is 21.5. The lowest BCUT2D eigenvalue weighted by Gasteiger charge is -2.47. The molecule has 19 heavy (non-hydrogen) atoms. The van der Waals surface area contributed by atoms with Gasteiger partial charge in [-0.25, -0.2) is 0 Å². The smallest absolute Gasteiger partial charge is 0.101 e. The van der Waals surface area contributed by atoms with Crippen molar-refractivity contribution in [3.8, 4) is 12.1 Å². The zero-order valence-corrected chi connectivity index (χ0v) is 11.6. The van der Waals surface area contributed by atoms with E-state index in [-0.39, 0.29) is 5.54 Å². The first-order valence-corrected chi connectivity index (χ1v) is 6.72. The van der Waals surface area contributed by atoms with Gasteiger partial charge in [0, 0.05) is 18.5 Å². The monoisotopic (exact) mass is 253 g/mol. The molecule has 3 heteroatoms. The number of nitrogens with zero attached hydrogens (tertiary/aromatic N) is 3. The molecular weight excluding hydrogens is 234 g/mol. The van der Waals surface area contributed by atoms with Crippen LogP contribution in [-0.4, -0.2) is 12.1 Å². The van der Waals surface area contributed by atoms with Crippen molar-refractivity contribution in [1.29, 1.82) is 10.5 Å². The average molecular weight is 253 g/mol. The van der Waals surface area contributed by atoms with Crippen molar-refractivity contribution < 1.29 is 0 Å². The third-order valence-electron chi connectivity index (χ3n) is 4.03. The van der Waals surface area contributed by atoms with Gasteiger partial charge in [-0.15, -0.1) is 0 Å². The predicted molar refractivity (Wildman–Crippen MR) is 75.5 cm³/mol. The maximum absolute atomic E-state index is 9.26. The van der Waals surface area contributed by atoms with Crippen molar-refractivity contribution in [3.63, 3.8) is 0 Å². The van der Waals surface area contributed by atoms with E-state index in [2.05, 4.69) is 30.9 Å². The minimum atomic E-state index is 0.0406. The molecule has 0 spiro atoms. The molecule has 1 unspecified atom stereocenters. The molecule has 1 aliphatic heterocycles. The Bertz CT molecular complexity index is 534. The van der Waals surface area contributed by atoms with Gasteiger partial charge >= 0.3 is 0 Å². The van der Waals surface area contributed by atoms with Gasteiger partial charge in [0.15, 0.2) is 0 Å². The number of nitriles is 2. The summed E-state index contributed by atoms with van der Waals surface area (Å²) in [6.45, 7) is 5.28. The van der Waals surface area contributed by atoms with Gasteiger partial charge in [-0.05, 0) is 44.7 Å². The predicted octanol–water partition coefficient (Wildman–Crippen LogP) is 3.47. The third kappa shape index (κ3) is 2.71. The first-order chi connectivity index (χ1) is 9.08. The van der Waals surface area contributed by atoms with E-state index in [9.17, 15) is 5.26 Å². The van der Waals surface area contributed by atoms with Gasteiger partial charge in [-0.1, -0.05) is 12.1 Å². The molecule has 1 saturated heterocycles. The van der Waals surface area contributed by atoms with Crippen LogP contribution >= 0.6 is 0 Å². The summed E-state index contributed by atoms with van der Waals surface area (Å²) in [5.41, 5.74) is 1.75. The number of para-hydroxylation sites is 1.